The highest BCUT2D eigenvalue weighted by atomic mass is 16.6. The van der Waals surface area contributed by atoms with E-state index < -0.39 is 17.7 Å². The Kier molecular flexibility index (Phi) is 6.26. The van der Waals surface area contributed by atoms with Crippen LogP contribution in [0.2, 0.25) is 0 Å². The van der Waals surface area contributed by atoms with Gasteiger partial charge in [-0.2, -0.15) is 0 Å². The molecule has 0 spiro atoms. The van der Waals surface area contributed by atoms with Crippen molar-refractivity contribution in [2.24, 2.45) is 11.7 Å². The lowest BCUT2D eigenvalue weighted by Gasteiger charge is -2.37. The first-order valence-corrected chi connectivity index (χ1v) is 7.36. The van der Waals surface area contributed by atoms with Crippen LogP contribution in [0.4, 0.5) is 9.59 Å². The van der Waals surface area contributed by atoms with Crippen LogP contribution in [0.5, 0.6) is 0 Å². The third kappa shape index (κ3) is 6.66. The van der Waals surface area contributed by atoms with Crippen LogP contribution in [0.3, 0.4) is 0 Å². The zero-order valence-electron chi connectivity index (χ0n) is 13.1. The summed E-state index contributed by atoms with van der Waals surface area (Å²) in [5.74, 6) is 0.221. The number of nitrogens with zero attached hydrogens (tertiary/aromatic N) is 1. The predicted octanol–water partition coefficient (Wildman–Crippen LogP) is 1.05. The van der Waals surface area contributed by atoms with Crippen molar-refractivity contribution in [1.82, 2.24) is 10.2 Å². The Morgan fingerprint density at radius 2 is 2.05 bits per heavy atom. The summed E-state index contributed by atoms with van der Waals surface area (Å²) in [5.41, 5.74) is 4.79. The molecule has 3 amide bonds. The zero-order valence-corrected chi connectivity index (χ0v) is 13.1. The minimum atomic E-state index is -0.557. The second-order valence-corrected chi connectivity index (χ2v) is 6.55. The number of primary amides is 1. The molecular weight excluding hydrogens is 274 g/mol. The van der Waals surface area contributed by atoms with E-state index in [1.54, 1.807) is 20.8 Å². The predicted molar refractivity (Wildman–Crippen MR) is 78.7 cm³/mol. The van der Waals surface area contributed by atoms with Gasteiger partial charge < -0.3 is 25.8 Å². The Hall–Kier alpha value is -1.50. The standard InChI is InChI=1S/C14H27N3O4/c1-14(2,3)21-13(20)16-11-7-10(5-4-6-18)8-17(9-11)12(15)19/h10-11,18H,4-9H2,1-3H3,(H2,15,19)(H,16,20). The van der Waals surface area contributed by atoms with E-state index in [0.29, 0.717) is 19.5 Å². The molecule has 7 heteroatoms. The largest absolute Gasteiger partial charge is 0.444 e. The van der Waals surface area contributed by atoms with Crippen LogP contribution in [-0.2, 0) is 4.74 Å². The molecule has 0 aromatic carbocycles. The summed E-state index contributed by atoms with van der Waals surface area (Å²) in [6.45, 7) is 6.48. The topological polar surface area (TPSA) is 105 Å². The molecule has 0 radical (unpaired) electrons. The van der Waals surface area contributed by atoms with E-state index in [-0.39, 0.29) is 18.6 Å². The molecule has 1 saturated heterocycles. The number of hydrogen-bond acceptors (Lipinski definition) is 4. The van der Waals surface area contributed by atoms with E-state index in [1.165, 1.54) is 4.90 Å². The molecule has 4 N–H and O–H groups in total. The summed E-state index contributed by atoms with van der Waals surface area (Å²) in [7, 11) is 0. The van der Waals surface area contributed by atoms with Crippen molar-refractivity contribution in [1.29, 1.82) is 0 Å². The molecule has 0 aromatic rings. The number of aliphatic hydroxyl groups excluding tert-OH is 1. The number of likely N-dealkylation sites (tertiary alicyclic amines) is 1. The highest BCUT2D eigenvalue weighted by Gasteiger charge is 2.30. The SMILES string of the molecule is CC(C)(C)OC(=O)NC1CC(CCCO)CN(C(N)=O)C1. The lowest BCUT2D eigenvalue weighted by atomic mass is 9.90. The van der Waals surface area contributed by atoms with Gasteiger partial charge in [-0.05, 0) is 46.0 Å². The monoisotopic (exact) mass is 301 g/mol. The Balaban J connectivity index is 2.58. The number of alkyl carbamates (subject to hydrolysis) is 1. The molecule has 7 nitrogen and oxygen atoms in total. The first-order valence-electron chi connectivity index (χ1n) is 7.36. The average molecular weight is 301 g/mol. The number of amides is 3. The number of rotatable bonds is 4. The van der Waals surface area contributed by atoms with Gasteiger partial charge in [0, 0.05) is 19.7 Å². The van der Waals surface area contributed by atoms with Crippen LogP contribution in [0, 0.1) is 5.92 Å². The Morgan fingerprint density at radius 3 is 2.57 bits per heavy atom. The van der Waals surface area contributed by atoms with Gasteiger partial charge in [-0.3, -0.25) is 0 Å². The van der Waals surface area contributed by atoms with Crippen LogP contribution in [0.25, 0.3) is 0 Å². The lowest BCUT2D eigenvalue weighted by molar-refractivity contribution is 0.0459. The molecule has 2 unspecified atom stereocenters. The smallest absolute Gasteiger partial charge is 0.407 e. The summed E-state index contributed by atoms with van der Waals surface area (Å²) >= 11 is 0. The summed E-state index contributed by atoms with van der Waals surface area (Å²) < 4.78 is 5.23. The molecule has 2 atom stereocenters. The molecule has 1 fully saturated rings. The van der Waals surface area contributed by atoms with E-state index in [2.05, 4.69) is 5.32 Å². The molecule has 0 bridgehead atoms. The molecule has 1 aliphatic rings. The number of nitrogens with one attached hydrogen (secondary N) is 1. The van der Waals surface area contributed by atoms with Gasteiger partial charge in [-0.15, -0.1) is 0 Å². The quantitative estimate of drug-likeness (QED) is 0.722. The van der Waals surface area contributed by atoms with E-state index >= 15 is 0 Å². The van der Waals surface area contributed by atoms with Crippen molar-refractivity contribution in [3.8, 4) is 0 Å². The fraction of sp³-hybridized carbons (Fsp3) is 0.857. The molecular formula is C14H27N3O4. The first-order chi connectivity index (χ1) is 9.71. The van der Waals surface area contributed by atoms with Crippen molar-refractivity contribution in [2.75, 3.05) is 19.7 Å². The molecule has 0 saturated carbocycles. The molecule has 1 rings (SSSR count). The van der Waals surface area contributed by atoms with E-state index in [9.17, 15) is 9.59 Å². The van der Waals surface area contributed by atoms with Crippen molar-refractivity contribution in [3.63, 3.8) is 0 Å². The fourth-order valence-corrected chi connectivity index (χ4v) is 2.55. The lowest BCUT2D eigenvalue weighted by Crippen LogP contribution is -2.54. The number of hydrogen-bond donors (Lipinski definition) is 3. The normalized spacial score (nSPS) is 22.8. The maximum atomic E-state index is 11.8. The van der Waals surface area contributed by atoms with Crippen LogP contribution >= 0.6 is 0 Å². The second-order valence-electron chi connectivity index (χ2n) is 6.55. The van der Waals surface area contributed by atoms with E-state index in [4.69, 9.17) is 15.6 Å². The van der Waals surface area contributed by atoms with Gasteiger partial charge >= 0.3 is 12.1 Å². The number of nitrogens with two attached hydrogens (primary N) is 1. The maximum Gasteiger partial charge on any atom is 0.407 e. The highest BCUT2D eigenvalue weighted by Crippen LogP contribution is 2.21. The minimum absolute atomic E-state index is 0.122. The van der Waals surface area contributed by atoms with Crippen LogP contribution in [-0.4, -0.2) is 53.5 Å². The van der Waals surface area contributed by atoms with Gasteiger partial charge in [-0.25, -0.2) is 9.59 Å². The summed E-state index contributed by atoms with van der Waals surface area (Å²) in [4.78, 5) is 24.7. The van der Waals surface area contributed by atoms with Crippen LogP contribution in [0.15, 0.2) is 0 Å². The zero-order chi connectivity index (χ0) is 16.0. The fourth-order valence-electron chi connectivity index (χ4n) is 2.55. The molecule has 21 heavy (non-hydrogen) atoms. The number of ether oxygens (including phenoxy) is 1. The molecule has 0 aliphatic carbocycles. The summed E-state index contributed by atoms with van der Waals surface area (Å²) in [6, 6.07) is -0.663. The van der Waals surface area contributed by atoms with Gasteiger partial charge in [0.05, 0.1) is 6.04 Å². The highest BCUT2D eigenvalue weighted by molar-refractivity contribution is 5.72. The molecule has 0 aromatic heterocycles. The van der Waals surface area contributed by atoms with Crippen molar-refractivity contribution in [3.05, 3.63) is 0 Å². The number of carbonyl (C=O) groups is 2. The summed E-state index contributed by atoms with van der Waals surface area (Å²) in [5, 5.41) is 11.7. The Bertz CT molecular complexity index is 368. The van der Waals surface area contributed by atoms with Gasteiger partial charge in [-0.1, -0.05) is 0 Å². The van der Waals surface area contributed by atoms with Crippen LogP contribution in [0.1, 0.15) is 40.0 Å². The second kappa shape index (κ2) is 7.49. The molecule has 1 aliphatic heterocycles. The number of aliphatic hydroxyl groups is 1. The van der Waals surface area contributed by atoms with Crippen molar-refractivity contribution in [2.45, 2.75) is 51.7 Å². The maximum absolute atomic E-state index is 11.8. The Morgan fingerprint density at radius 1 is 1.38 bits per heavy atom. The Labute approximate surface area is 125 Å². The average Bonchev–Trinajstić information content (AvgIpc) is 2.33. The number of piperidine rings is 1. The van der Waals surface area contributed by atoms with Gasteiger partial charge in [0.15, 0.2) is 0 Å². The molecule has 122 valence electrons. The summed E-state index contributed by atoms with van der Waals surface area (Å²) in [6.07, 6.45) is 1.74. The van der Waals surface area contributed by atoms with Crippen molar-refractivity contribution >= 4 is 12.1 Å². The van der Waals surface area contributed by atoms with E-state index in [0.717, 1.165) is 12.8 Å². The van der Waals surface area contributed by atoms with E-state index in [1.807, 2.05) is 0 Å². The number of carbonyl (C=O) groups excluding carboxylic acids is 2. The van der Waals surface area contributed by atoms with Gasteiger partial charge in [0.2, 0.25) is 0 Å². The first kappa shape index (κ1) is 17.6. The third-order valence-corrected chi connectivity index (χ3v) is 3.34. The van der Waals surface area contributed by atoms with Gasteiger partial charge in [0.25, 0.3) is 0 Å². The number of urea groups is 1. The third-order valence-electron chi connectivity index (χ3n) is 3.34. The van der Waals surface area contributed by atoms with Crippen molar-refractivity contribution < 1.29 is 19.4 Å². The van der Waals surface area contributed by atoms with Crippen LogP contribution < -0.4 is 11.1 Å². The molecule has 1 heterocycles. The van der Waals surface area contributed by atoms with Gasteiger partial charge in [0.1, 0.15) is 5.60 Å². The minimum Gasteiger partial charge on any atom is -0.444 e.